The number of benzene rings is 2. The van der Waals surface area contributed by atoms with Crippen molar-refractivity contribution >= 4 is 5.97 Å². The van der Waals surface area contributed by atoms with Gasteiger partial charge in [0.05, 0.1) is 5.56 Å². The Bertz CT molecular complexity index is 684. The third-order valence-corrected chi connectivity index (χ3v) is 3.44. The summed E-state index contributed by atoms with van der Waals surface area (Å²) in [5.74, 6) is 0.649. The second-order valence-corrected chi connectivity index (χ2v) is 5.09. The smallest absolute Gasteiger partial charge is 0.335 e. The van der Waals surface area contributed by atoms with Crippen LogP contribution in [0.15, 0.2) is 42.5 Å². The van der Waals surface area contributed by atoms with Gasteiger partial charge in [-0.1, -0.05) is 18.2 Å². The van der Waals surface area contributed by atoms with Gasteiger partial charge in [-0.05, 0) is 35.4 Å². The van der Waals surface area contributed by atoms with Crippen molar-refractivity contribution in [2.45, 2.75) is 13.1 Å². The SMILES string of the molecule is O=C(O)c1cccc(CNCc2ccc3c(c2)OCCO3)c1. The first-order valence-corrected chi connectivity index (χ1v) is 7.14. The minimum atomic E-state index is -0.909. The third kappa shape index (κ3) is 3.38. The maximum absolute atomic E-state index is 10.9. The van der Waals surface area contributed by atoms with E-state index in [9.17, 15) is 4.79 Å². The van der Waals surface area contributed by atoms with E-state index in [-0.39, 0.29) is 0 Å². The molecule has 0 bridgehead atoms. The number of hydrogen-bond donors (Lipinski definition) is 2. The lowest BCUT2D eigenvalue weighted by molar-refractivity contribution is 0.0696. The number of hydrogen-bond acceptors (Lipinski definition) is 4. The molecule has 5 nitrogen and oxygen atoms in total. The third-order valence-electron chi connectivity index (χ3n) is 3.44. The normalized spacial score (nSPS) is 12.9. The number of rotatable bonds is 5. The van der Waals surface area contributed by atoms with Crippen molar-refractivity contribution in [1.82, 2.24) is 5.32 Å². The number of carboxylic acids is 1. The topological polar surface area (TPSA) is 67.8 Å². The number of aromatic carboxylic acids is 1. The second kappa shape index (κ2) is 6.49. The highest BCUT2D eigenvalue weighted by molar-refractivity contribution is 5.87. The highest BCUT2D eigenvalue weighted by Crippen LogP contribution is 2.30. The molecule has 3 rings (SSSR count). The summed E-state index contributed by atoms with van der Waals surface area (Å²) in [5.41, 5.74) is 2.34. The fraction of sp³-hybridized carbons (Fsp3) is 0.235. The Morgan fingerprint density at radius 3 is 2.50 bits per heavy atom. The lowest BCUT2D eigenvalue weighted by atomic mass is 10.1. The first-order chi connectivity index (χ1) is 10.7. The molecule has 0 atom stereocenters. The van der Waals surface area contributed by atoms with Gasteiger partial charge >= 0.3 is 5.97 Å². The monoisotopic (exact) mass is 299 g/mol. The van der Waals surface area contributed by atoms with E-state index < -0.39 is 5.97 Å². The fourth-order valence-corrected chi connectivity index (χ4v) is 2.36. The van der Waals surface area contributed by atoms with Gasteiger partial charge in [0.1, 0.15) is 13.2 Å². The molecule has 0 unspecified atom stereocenters. The van der Waals surface area contributed by atoms with Crippen LogP contribution < -0.4 is 14.8 Å². The molecule has 0 saturated heterocycles. The number of nitrogens with one attached hydrogen (secondary N) is 1. The molecule has 0 aliphatic carbocycles. The Morgan fingerprint density at radius 1 is 1.00 bits per heavy atom. The summed E-state index contributed by atoms with van der Waals surface area (Å²) in [4.78, 5) is 10.9. The van der Waals surface area contributed by atoms with Crippen LogP contribution in [0.5, 0.6) is 11.5 Å². The molecule has 0 spiro atoms. The minimum absolute atomic E-state index is 0.304. The Hall–Kier alpha value is -2.53. The summed E-state index contributed by atoms with van der Waals surface area (Å²) in [6.07, 6.45) is 0. The van der Waals surface area contributed by atoms with Crippen molar-refractivity contribution in [2.24, 2.45) is 0 Å². The zero-order valence-electron chi connectivity index (χ0n) is 12.0. The van der Waals surface area contributed by atoms with Gasteiger partial charge in [-0.25, -0.2) is 4.79 Å². The summed E-state index contributed by atoms with van der Waals surface area (Å²) in [7, 11) is 0. The van der Waals surface area contributed by atoms with Gasteiger partial charge in [-0.2, -0.15) is 0 Å². The molecule has 0 amide bonds. The minimum Gasteiger partial charge on any atom is -0.486 e. The first kappa shape index (κ1) is 14.4. The molecule has 0 fully saturated rings. The van der Waals surface area contributed by atoms with Crippen LogP contribution in [0.25, 0.3) is 0 Å². The standard InChI is InChI=1S/C17H17NO4/c19-17(20)14-3-1-2-12(8-14)10-18-11-13-4-5-15-16(9-13)22-7-6-21-15/h1-5,8-9,18H,6-7,10-11H2,(H,19,20). The van der Waals surface area contributed by atoms with Gasteiger partial charge in [0, 0.05) is 13.1 Å². The van der Waals surface area contributed by atoms with Crippen LogP contribution in [0.3, 0.4) is 0 Å². The molecule has 114 valence electrons. The van der Waals surface area contributed by atoms with E-state index in [0.717, 1.165) is 22.6 Å². The molecule has 1 aliphatic rings. The van der Waals surface area contributed by atoms with Gasteiger partial charge in [0.2, 0.25) is 0 Å². The largest absolute Gasteiger partial charge is 0.486 e. The molecule has 0 aromatic heterocycles. The molecule has 1 heterocycles. The van der Waals surface area contributed by atoms with Gasteiger partial charge in [-0.3, -0.25) is 0 Å². The predicted molar refractivity (Wildman–Crippen MR) is 81.4 cm³/mol. The highest BCUT2D eigenvalue weighted by Gasteiger charge is 2.11. The van der Waals surface area contributed by atoms with Crippen molar-refractivity contribution in [1.29, 1.82) is 0 Å². The van der Waals surface area contributed by atoms with Crippen molar-refractivity contribution in [2.75, 3.05) is 13.2 Å². The van der Waals surface area contributed by atoms with Crippen LogP contribution in [-0.4, -0.2) is 24.3 Å². The summed E-state index contributed by atoms with van der Waals surface area (Å²) in [6.45, 7) is 2.44. The highest BCUT2D eigenvalue weighted by atomic mass is 16.6. The number of carbonyl (C=O) groups is 1. The molecular weight excluding hydrogens is 282 g/mol. The Kier molecular flexibility index (Phi) is 4.25. The number of carboxylic acid groups (broad SMARTS) is 1. The maximum atomic E-state index is 10.9. The van der Waals surface area contributed by atoms with Crippen LogP contribution in [0.2, 0.25) is 0 Å². The summed E-state index contributed by atoms with van der Waals surface area (Å²) >= 11 is 0. The predicted octanol–water partition coefficient (Wildman–Crippen LogP) is 2.45. The van der Waals surface area contributed by atoms with E-state index in [2.05, 4.69) is 5.32 Å². The summed E-state index contributed by atoms with van der Waals surface area (Å²) in [6, 6.07) is 12.8. The van der Waals surface area contributed by atoms with Crippen LogP contribution in [0.4, 0.5) is 0 Å². The quantitative estimate of drug-likeness (QED) is 0.887. The van der Waals surface area contributed by atoms with Crippen LogP contribution in [0, 0.1) is 0 Å². The van der Waals surface area contributed by atoms with Crippen LogP contribution in [0.1, 0.15) is 21.5 Å². The van der Waals surface area contributed by atoms with E-state index in [0.29, 0.717) is 31.9 Å². The van der Waals surface area contributed by atoms with E-state index >= 15 is 0 Å². The molecular formula is C17H17NO4. The van der Waals surface area contributed by atoms with Crippen LogP contribution in [-0.2, 0) is 13.1 Å². The Morgan fingerprint density at radius 2 is 1.73 bits per heavy atom. The molecule has 2 N–H and O–H groups in total. The van der Waals surface area contributed by atoms with Crippen LogP contribution >= 0.6 is 0 Å². The van der Waals surface area contributed by atoms with Gasteiger partial charge < -0.3 is 19.9 Å². The summed E-state index contributed by atoms with van der Waals surface area (Å²) in [5, 5.41) is 12.3. The Labute approximate surface area is 128 Å². The number of ether oxygens (including phenoxy) is 2. The average molecular weight is 299 g/mol. The number of fused-ring (bicyclic) bond motifs is 1. The van der Waals surface area contributed by atoms with Gasteiger partial charge in [0.15, 0.2) is 11.5 Å². The van der Waals surface area contributed by atoms with Crippen molar-refractivity contribution < 1.29 is 19.4 Å². The van der Waals surface area contributed by atoms with E-state index in [1.54, 1.807) is 18.2 Å². The van der Waals surface area contributed by atoms with Crippen molar-refractivity contribution in [3.63, 3.8) is 0 Å². The zero-order valence-corrected chi connectivity index (χ0v) is 12.0. The molecule has 1 aliphatic heterocycles. The molecule has 5 heteroatoms. The average Bonchev–Trinajstić information content (AvgIpc) is 2.55. The fourth-order valence-electron chi connectivity index (χ4n) is 2.36. The molecule has 2 aromatic carbocycles. The van der Waals surface area contributed by atoms with Crippen molar-refractivity contribution in [3.8, 4) is 11.5 Å². The van der Waals surface area contributed by atoms with Crippen molar-refractivity contribution in [3.05, 3.63) is 59.2 Å². The lowest BCUT2D eigenvalue weighted by Crippen LogP contribution is -2.16. The molecule has 2 aromatic rings. The lowest BCUT2D eigenvalue weighted by Gasteiger charge is -2.19. The summed E-state index contributed by atoms with van der Waals surface area (Å²) < 4.78 is 11.0. The maximum Gasteiger partial charge on any atom is 0.335 e. The zero-order chi connectivity index (χ0) is 15.4. The van der Waals surface area contributed by atoms with Gasteiger partial charge in [-0.15, -0.1) is 0 Å². The molecule has 22 heavy (non-hydrogen) atoms. The molecule has 0 saturated carbocycles. The Balaban J connectivity index is 1.59. The molecule has 0 radical (unpaired) electrons. The second-order valence-electron chi connectivity index (χ2n) is 5.09. The van der Waals surface area contributed by atoms with E-state index in [1.807, 2.05) is 24.3 Å². The van der Waals surface area contributed by atoms with Gasteiger partial charge in [0.25, 0.3) is 0 Å². The first-order valence-electron chi connectivity index (χ1n) is 7.14. The van der Waals surface area contributed by atoms with E-state index in [4.69, 9.17) is 14.6 Å². The van der Waals surface area contributed by atoms with E-state index in [1.165, 1.54) is 0 Å².